The quantitative estimate of drug-likeness (QED) is 0.392. The Balaban J connectivity index is 2.54. The summed E-state index contributed by atoms with van der Waals surface area (Å²) in [6.07, 6.45) is 0. The van der Waals surface area contributed by atoms with Crippen LogP contribution in [-0.4, -0.2) is 13.6 Å². The van der Waals surface area contributed by atoms with Gasteiger partial charge in [0.15, 0.2) is 0 Å². The Hall–Kier alpha value is -0.0400. The van der Waals surface area contributed by atoms with Gasteiger partial charge in [0.25, 0.3) is 0 Å². The largest absolute Gasteiger partial charge is 0.471 e. The van der Waals surface area contributed by atoms with Crippen LogP contribution in [0.2, 0.25) is 0 Å². The van der Waals surface area contributed by atoms with Crippen molar-refractivity contribution in [3.63, 3.8) is 0 Å². The van der Waals surface area contributed by atoms with E-state index in [-0.39, 0.29) is 0 Å². The first-order valence-corrected chi connectivity index (χ1v) is 1.91. The van der Waals surface area contributed by atoms with Gasteiger partial charge in [-0.25, -0.2) is 0 Å². The van der Waals surface area contributed by atoms with E-state index in [1.54, 1.807) is 0 Å². The van der Waals surface area contributed by atoms with E-state index in [1.165, 1.54) is 4.90 Å². The van der Waals surface area contributed by atoms with Crippen molar-refractivity contribution < 1.29 is 4.90 Å². The Labute approximate surface area is 33.6 Å². The number of quaternary nitrogens is 1. The van der Waals surface area contributed by atoms with Crippen LogP contribution >= 0.6 is 0 Å². The second kappa shape index (κ2) is 2.21. The van der Waals surface area contributed by atoms with Gasteiger partial charge in [-0.1, -0.05) is 0 Å². The van der Waals surface area contributed by atoms with Gasteiger partial charge in [0.1, 0.15) is 0 Å². The highest BCUT2D eigenvalue weighted by Gasteiger charge is 1.67. The smallest absolute Gasteiger partial charge is 0.0499 e. The van der Waals surface area contributed by atoms with Crippen LogP contribution in [0.5, 0.6) is 0 Å². The highest BCUT2D eigenvalue weighted by atomic mass is 15.0. The third-order valence-electron chi connectivity index (χ3n) is 0.604. The van der Waals surface area contributed by atoms with Crippen molar-refractivity contribution in [2.45, 2.75) is 6.92 Å². The maximum Gasteiger partial charge on any atom is 0.0499 e. The maximum atomic E-state index is 3.67. The summed E-state index contributed by atoms with van der Waals surface area (Å²) in [6.45, 7) is 3.21. The normalized spacial score (nSPS) is 15.0. The zero-order chi connectivity index (χ0) is 4.28. The van der Waals surface area contributed by atoms with Gasteiger partial charge in [0.2, 0.25) is 0 Å². The molecule has 1 unspecified atom stereocenters. The monoisotopic (exact) mass is 73.1 g/mol. The van der Waals surface area contributed by atoms with Gasteiger partial charge in [0, 0.05) is 13.6 Å². The van der Waals surface area contributed by atoms with E-state index in [1.807, 2.05) is 7.05 Å². The lowest BCUT2D eigenvalue weighted by molar-refractivity contribution is -0.829. The number of hydrogen-bond acceptors (Lipinski definition) is 0. The molecule has 0 aromatic heterocycles. The fourth-order valence-electron chi connectivity index (χ4n) is 0. The van der Waals surface area contributed by atoms with E-state index < -0.39 is 0 Å². The van der Waals surface area contributed by atoms with E-state index in [0.717, 1.165) is 6.54 Å². The molecule has 1 atom stereocenters. The average Bonchev–Trinajstić information content (AvgIpc) is 1.38. The minimum atomic E-state index is 1.11. The third-order valence-corrected chi connectivity index (χ3v) is 0.604. The molecule has 0 aliphatic heterocycles. The van der Waals surface area contributed by atoms with Crippen LogP contribution < -0.4 is 4.90 Å². The Morgan fingerprint density at radius 3 is 2.00 bits per heavy atom. The summed E-state index contributed by atoms with van der Waals surface area (Å²) in [6, 6.07) is 0. The van der Waals surface area contributed by atoms with Gasteiger partial charge >= 0.3 is 0 Å². The van der Waals surface area contributed by atoms with Crippen molar-refractivity contribution in [2.75, 3.05) is 13.6 Å². The zero-order valence-corrected chi connectivity index (χ0v) is 3.91. The molecule has 0 fully saturated rings. The fraction of sp³-hybridized carbons (Fsp3) is 0.750. The molecule has 0 saturated carbocycles. The highest BCUT2D eigenvalue weighted by Crippen LogP contribution is 1.27. The van der Waals surface area contributed by atoms with Gasteiger partial charge in [-0.15, -0.1) is 0 Å². The van der Waals surface area contributed by atoms with Gasteiger partial charge in [-0.3, -0.25) is 0 Å². The standard InChI is InChI=1S/C4H11N/c1-4-5(2)3/h5H,2,4H2,1,3H3. The summed E-state index contributed by atoms with van der Waals surface area (Å²) < 4.78 is 0. The van der Waals surface area contributed by atoms with E-state index >= 15 is 0 Å². The Kier molecular flexibility index (Phi) is 2.19. The Bertz CT molecular complexity index is 17.6. The second-order valence-corrected chi connectivity index (χ2v) is 1.31. The van der Waals surface area contributed by atoms with Crippen molar-refractivity contribution in [2.24, 2.45) is 0 Å². The summed E-state index contributed by atoms with van der Waals surface area (Å²) in [5.74, 6) is 0. The van der Waals surface area contributed by atoms with Crippen molar-refractivity contribution in [1.29, 1.82) is 0 Å². The van der Waals surface area contributed by atoms with Crippen molar-refractivity contribution in [1.82, 2.24) is 0 Å². The first-order valence-electron chi connectivity index (χ1n) is 1.91. The third kappa shape index (κ3) is 3.96. The molecule has 1 N–H and O–H groups in total. The molecular formula is C4H11N. The van der Waals surface area contributed by atoms with Gasteiger partial charge in [0.05, 0.1) is 0 Å². The molecule has 0 radical (unpaired) electrons. The number of nitrogens with one attached hydrogen (secondary N) is 1. The summed E-state index contributed by atoms with van der Waals surface area (Å²) in [7, 11) is 5.70. The highest BCUT2D eigenvalue weighted by molar-refractivity contribution is 3.98. The molecule has 0 spiro atoms. The Morgan fingerprint density at radius 1 is 1.80 bits per heavy atom. The van der Waals surface area contributed by atoms with Crippen LogP contribution in [0.1, 0.15) is 6.92 Å². The fourth-order valence-corrected chi connectivity index (χ4v) is 0. The van der Waals surface area contributed by atoms with E-state index in [2.05, 4.69) is 14.0 Å². The molecule has 0 aromatic carbocycles. The Morgan fingerprint density at radius 2 is 2.00 bits per heavy atom. The van der Waals surface area contributed by atoms with Crippen LogP contribution in [0.15, 0.2) is 0 Å². The molecule has 0 aliphatic carbocycles. The van der Waals surface area contributed by atoms with Gasteiger partial charge in [-0.05, 0) is 6.92 Å². The molecule has 1 heteroatoms. The molecule has 0 amide bonds. The lowest BCUT2D eigenvalue weighted by atomic mass is 10.7. The maximum absolute atomic E-state index is 3.67. The van der Waals surface area contributed by atoms with Gasteiger partial charge < -0.3 is 4.90 Å². The predicted octanol–water partition coefficient (Wildman–Crippen LogP) is -0.687. The number of hydrogen-bond donors (Lipinski definition) is 1. The first kappa shape index (κ1) is 4.96. The topological polar surface area (TPSA) is 4.44 Å². The summed E-state index contributed by atoms with van der Waals surface area (Å²) >= 11 is 0. The lowest BCUT2D eigenvalue weighted by Crippen LogP contribution is -3.02. The summed E-state index contributed by atoms with van der Waals surface area (Å²) in [4.78, 5) is 1.25. The average molecular weight is 73.1 g/mol. The second-order valence-electron chi connectivity index (χ2n) is 1.31. The van der Waals surface area contributed by atoms with Crippen LogP contribution in [0.25, 0.3) is 0 Å². The summed E-state index contributed by atoms with van der Waals surface area (Å²) in [5, 5.41) is 0. The van der Waals surface area contributed by atoms with Crippen molar-refractivity contribution >= 4 is 0 Å². The molecule has 0 saturated heterocycles. The first-order chi connectivity index (χ1) is 2.27. The van der Waals surface area contributed by atoms with E-state index in [4.69, 9.17) is 0 Å². The van der Waals surface area contributed by atoms with Crippen LogP contribution in [0, 0.1) is 7.05 Å². The predicted molar refractivity (Wildman–Crippen MR) is 22.8 cm³/mol. The van der Waals surface area contributed by atoms with Crippen molar-refractivity contribution in [3.05, 3.63) is 7.05 Å². The molecule has 1 nitrogen and oxygen atoms in total. The summed E-state index contributed by atoms with van der Waals surface area (Å²) in [5.41, 5.74) is 0. The van der Waals surface area contributed by atoms with Gasteiger partial charge in [-0.2, -0.15) is 7.05 Å². The molecule has 0 heterocycles. The van der Waals surface area contributed by atoms with E-state index in [9.17, 15) is 0 Å². The lowest BCUT2D eigenvalue weighted by Gasteiger charge is -2.07. The molecule has 0 aliphatic rings. The van der Waals surface area contributed by atoms with Crippen LogP contribution in [0.3, 0.4) is 0 Å². The van der Waals surface area contributed by atoms with Crippen LogP contribution in [-0.2, 0) is 0 Å². The van der Waals surface area contributed by atoms with Crippen LogP contribution in [0.4, 0.5) is 0 Å². The molecule has 5 heavy (non-hydrogen) atoms. The molecule has 0 bridgehead atoms. The molecular weight excluding hydrogens is 62.1 g/mol. The molecule has 0 rings (SSSR count). The SMILES string of the molecule is [CH2-][NH+](C)CC. The number of rotatable bonds is 1. The minimum absolute atomic E-state index is 1.11. The minimum Gasteiger partial charge on any atom is -0.471 e. The molecule has 32 valence electrons. The van der Waals surface area contributed by atoms with E-state index in [0.29, 0.717) is 0 Å². The van der Waals surface area contributed by atoms with Crippen molar-refractivity contribution in [3.8, 4) is 0 Å². The molecule has 0 aromatic rings. The zero-order valence-electron chi connectivity index (χ0n) is 3.91.